The Morgan fingerprint density at radius 1 is 0.451 bits per heavy atom. The fourth-order valence-corrected chi connectivity index (χ4v) is 8.48. The van der Waals surface area contributed by atoms with Crippen LogP contribution in [0.5, 0.6) is 0 Å². The summed E-state index contributed by atoms with van der Waals surface area (Å²) in [6, 6.07) is 0. The van der Waals surface area contributed by atoms with Crippen LogP contribution in [0.15, 0.2) is 85.1 Å². The second-order valence-corrected chi connectivity index (χ2v) is 21.7. The number of ether oxygens (including phenoxy) is 2. The number of esters is 2. The summed E-state index contributed by atoms with van der Waals surface area (Å²) in [5.41, 5.74) is 0. The molecule has 0 amide bonds. The number of allylic oxidation sites excluding steroid dienone is 14. The van der Waals surface area contributed by atoms with Gasteiger partial charge in [-0.2, -0.15) is 0 Å². The normalized spacial score (nSPS) is 13.9. The summed E-state index contributed by atoms with van der Waals surface area (Å²) < 4.78 is 34.1. The number of carbonyl (C=O) groups excluding carboxylic acids is 2. The first-order valence-electron chi connectivity index (χ1n) is 28.8. The van der Waals surface area contributed by atoms with E-state index in [-0.39, 0.29) is 32.0 Å². The second-order valence-electron chi connectivity index (χ2n) is 20.3. The second kappa shape index (κ2) is 52.1. The van der Waals surface area contributed by atoms with Crippen LogP contribution in [0.3, 0.4) is 0 Å². The Morgan fingerprint density at radius 2 is 0.803 bits per heavy atom. The molecule has 0 fully saturated rings. The number of rotatable bonds is 52. The predicted octanol–water partition coefficient (Wildman–Crippen LogP) is 17.2. The van der Waals surface area contributed by atoms with Crippen LogP contribution >= 0.6 is 7.82 Å². The van der Waals surface area contributed by atoms with Crippen molar-refractivity contribution in [1.29, 1.82) is 0 Å². The zero-order valence-electron chi connectivity index (χ0n) is 46.4. The monoisotopic (exact) mass is 1010 g/mol. The van der Waals surface area contributed by atoms with E-state index in [1.165, 1.54) is 116 Å². The molecule has 71 heavy (non-hydrogen) atoms. The van der Waals surface area contributed by atoms with Crippen molar-refractivity contribution in [3.8, 4) is 0 Å². The minimum Gasteiger partial charge on any atom is -0.756 e. The van der Waals surface area contributed by atoms with Gasteiger partial charge in [-0.1, -0.05) is 240 Å². The summed E-state index contributed by atoms with van der Waals surface area (Å²) in [5, 5.41) is 0. The molecule has 0 aromatic heterocycles. The number of phosphoric acid groups is 1. The Kier molecular flexibility index (Phi) is 50.0. The van der Waals surface area contributed by atoms with E-state index in [0.29, 0.717) is 17.4 Å². The van der Waals surface area contributed by atoms with Gasteiger partial charge in [0.1, 0.15) is 19.8 Å². The van der Waals surface area contributed by atoms with Gasteiger partial charge in [-0.3, -0.25) is 14.2 Å². The largest absolute Gasteiger partial charge is 0.756 e. The van der Waals surface area contributed by atoms with Crippen molar-refractivity contribution in [3.63, 3.8) is 0 Å². The molecule has 0 bridgehead atoms. The zero-order valence-corrected chi connectivity index (χ0v) is 47.3. The molecule has 410 valence electrons. The van der Waals surface area contributed by atoms with Crippen molar-refractivity contribution in [2.45, 2.75) is 245 Å². The SMILES string of the molecule is CC/C=C\C/C=C\C/C=C\C/C=C\C/C=C\C/C=C\C/C=C\CCCCCCCCCCCC(=O)OC(COC(=O)CCCCCCCCCCCCCCCCCC)COP(=O)([O-])OCC[N+](C)(C)C. The number of hydrogen-bond donors (Lipinski definition) is 0. The smallest absolute Gasteiger partial charge is 0.306 e. The fourth-order valence-electron chi connectivity index (χ4n) is 7.75. The Labute approximate surface area is 437 Å². The number of carbonyl (C=O) groups is 2. The summed E-state index contributed by atoms with van der Waals surface area (Å²) >= 11 is 0. The van der Waals surface area contributed by atoms with Gasteiger partial charge in [-0.25, -0.2) is 0 Å². The number of likely N-dealkylation sites (N-methyl/N-ethyl adjacent to an activating group) is 1. The van der Waals surface area contributed by atoms with Crippen molar-refractivity contribution < 1.29 is 42.1 Å². The number of quaternary nitrogens is 1. The average molecular weight is 1010 g/mol. The van der Waals surface area contributed by atoms with Gasteiger partial charge < -0.3 is 27.9 Å². The molecule has 0 N–H and O–H groups in total. The van der Waals surface area contributed by atoms with Gasteiger partial charge in [0.15, 0.2) is 6.10 Å². The lowest BCUT2D eigenvalue weighted by Gasteiger charge is -2.28. The van der Waals surface area contributed by atoms with Gasteiger partial charge in [0.25, 0.3) is 7.82 Å². The van der Waals surface area contributed by atoms with Crippen LogP contribution in [0.25, 0.3) is 0 Å². The lowest BCUT2D eigenvalue weighted by atomic mass is 10.0. The lowest BCUT2D eigenvalue weighted by Crippen LogP contribution is -2.37. The first-order valence-corrected chi connectivity index (χ1v) is 30.3. The third-order valence-electron chi connectivity index (χ3n) is 12.2. The summed E-state index contributed by atoms with van der Waals surface area (Å²) in [6.07, 6.45) is 69.1. The first-order chi connectivity index (χ1) is 34.5. The predicted molar refractivity (Wildman–Crippen MR) is 300 cm³/mol. The van der Waals surface area contributed by atoms with Crippen molar-refractivity contribution in [2.75, 3.05) is 47.5 Å². The van der Waals surface area contributed by atoms with E-state index in [1.807, 2.05) is 21.1 Å². The Balaban J connectivity index is 4.17. The van der Waals surface area contributed by atoms with E-state index in [9.17, 15) is 19.0 Å². The van der Waals surface area contributed by atoms with E-state index in [4.69, 9.17) is 18.5 Å². The molecule has 0 aliphatic heterocycles. The van der Waals surface area contributed by atoms with Crippen LogP contribution in [0.2, 0.25) is 0 Å². The van der Waals surface area contributed by atoms with Gasteiger partial charge in [-0.05, 0) is 70.6 Å². The molecule has 0 aromatic carbocycles. The highest BCUT2D eigenvalue weighted by Crippen LogP contribution is 2.38. The molecule has 10 heteroatoms. The molecule has 2 unspecified atom stereocenters. The van der Waals surface area contributed by atoms with E-state index in [1.54, 1.807) is 0 Å². The zero-order chi connectivity index (χ0) is 52.0. The van der Waals surface area contributed by atoms with Crippen molar-refractivity contribution in [2.24, 2.45) is 0 Å². The standard InChI is InChI=1S/C61H108NO8P/c1-6-8-10-12-14-16-18-20-22-24-25-26-27-28-29-30-31-32-33-34-35-36-37-38-40-42-44-46-48-50-52-54-61(64)70-59(58-69-71(65,66)68-56-55-62(3,4)5)57-67-60(63)53-51-49-47-45-43-41-39-23-21-19-17-15-13-11-9-7-2/h8,10,14,16,20,22,25-26,28-29,31-32,34-35,59H,6-7,9,11-13,15,17-19,21,23-24,27,30,33,36-58H2,1-5H3/b10-8-,16-14-,22-20-,26-25-,29-28-,32-31-,35-34-. The molecular weight excluding hydrogens is 906 g/mol. The maximum absolute atomic E-state index is 12.8. The highest BCUT2D eigenvalue weighted by molar-refractivity contribution is 7.45. The van der Waals surface area contributed by atoms with Gasteiger partial charge in [-0.15, -0.1) is 0 Å². The van der Waals surface area contributed by atoms with E-state index in [0.717, 1.165) is 89.9 Å². The van der Waals surface area contributed by atoms with E-state index < -0.39 is 26.5 Å². The maximum Gasteiger partial charge on any atom is 0.306 e. The van der Waals surface area contributed by atoms with Crippen molar-refractivity contribution in [1.82, 2.24) is 0 Å². The maximum atomic E-state index is 12.8. The van der Waals surface area contributed by atoms with Crippen LogP contribution in [0.1, 0.15) is 239 Å². The molecule has 0 radical (unpaired) electrons. The highest BCUT2D eigenvalue weighted by atomic mass is 31.2. The number of unbranched alkanes of at least 4 members (excludes halogenated alkanes) is 24. The van der Waals surface area contributed by atoms with Crippen LogP contribution < -0.4 is 4.89 Å². The molecule has 2 atom stereocenters. The lowest BCUT2D eigenvalue weighted by molar-refractivity contribution is -0.870. The quantitative estimate of drug-likeness (QED) is 0.0195. The van der Waals surface area contributed by atoms with Crippen LogP contribution in [0.4, 0.5) is 0 Å². The summed E-state index contributed by atoms with van der Waals surface area (Å²) in [5.74, 6) is -0.837. The van der Waals surface area contributed by atoms with Crippen LogP contribution in [-0.2, 0) is 32.7 Å². The minimum atomic E-state index is -4.64. The van der Waals surface area contributed by atoms with Gasteiger partial charge >= 0.3 is 11.9 Å². The minimum absolute atomic E-state index is 0.0343. The number of nitrogens with zero attached hydrogens (tertiary/aromatic N) is 1. The van der Waals surface area contributed by atoms with Gasteiger partial charge in [0.2, 0.25) is 0 Å². The molecule has 0 aliphatic rings. The first kappa shape index (κ1) is 68.2. The van der Waals surface area contributed by atoms with E-state index >= 15 is 0 Å². The molecule has 0 saturated carbocycles. The number of phosphoric ester groups is 1. The van der Waals surface area contributed by atoms with Crippen molar-refractivity contribution >= 4 is 19.8 Å². The molecule has 0 rings (SSSR count). The Bertz CT molecular complexity index is 1470. The third-order valence-corrected chi connectivity index (χ3v) is 13.1. The third kappa shape index (κ3) is 56.3. The average Bonchev–Trinajstić information content (AvgIpc) is 3.33. The van der Waals surface area contributed by atoms with E-state index in [2.05, 4.69) is 98.9 Å². The number of hydrogen-bond acceptors (Lipinski definition) is 8. The Morgan fingerprint density at radius 3 is 1.20 bits per heavy atom. The van der Waals surface area contributed by atoms with Gasteiger partial charge in [0.05, 0.1) is 27.7 Å². The topological polar surface area (TPSA) is 111 Å². The summed E-state index contributed by atoms with van der Waals surface area (Å²) in [7, 11) is 1.16. The summed E-state index contributed by atoms with van der Waals surface area (Å²) in [4.78, 5) is 37.8. The molecular formula is C61H108NO8P. The molecule has 0 saturated heterocycles. The fraction of sp³-hybridized carbons (Fsp3) is 0.738. The van der Waals surface area contributed by atoms with Crippen molar-refractivity contribution in [3.05, 3.63) is 85.1 Å². The molecule has 0 heterocycles. The Hall–Kier alpha value is -2.81. The highest BCUT2D eigenvalue weighted by Gasteiger charge is 2.21. The molecule has 0 aliphatic carbocycles. The molecule has 0 spiro atoms. The van der Waals surface area contributed by atoms with Gasteiger partial charge in [0, 0.05) is 12.8 Å². The van der Waals surface area contributed by atoms with Crippen LogP contribution in [-0.4, -0.2) is 70.0 Å². The summed E-state index contributed by atoms with van der Waals surface area (Å²) in [6.45, 7) is 4.13. The van der Waals surface area contributed by atoms with Crippen LogP contribution in [0, 0.1) is 0 Å². The molecule has 0 aromatic rings. The molecule has 9 nitrogen and oxygen atoms in total.